The summed E-state index contributed by atoms with van der Waals surface area (Å²) in [6.45, 7) is 0.937. The molecule has 2 saturated carbocycles. The predicted octanol–water partition coefficient (Wildman–Crippen LogP) is -6.22. The van der Waals surface area contributed by atoms with Gasteiger partial charge < -0.3 is 85.0 Å². The Hall–Kier alpha value is -0.680. The van der Waals surface area contributed by atoms with Gasteiger partial charge in [-0.2, -0.15) is 0 Å². The fourth-order valence-corrected chi connectivity index (χ4v) is 7.14. The number of ether oxygens (including phenoxy) is 5. The Labute approximate surface area is 252 Å². The number of rotatable bonds is 6. The van der Waals surface area contributed by atoms with Gasteiger partial charge in [0.05, 0.1) is 55.4 Å². The molecule has 2 aliphatic carbocycles. The molecule has 3 heterocycles. The summed E-state index contributed by atoms with van der Waals surface area (Å²) < 4.78 is 29.1. The van der Waals surface area contributed by atoms with Gasteiger partial charge in [0.1, 0.15) is 54.9 Å². The maximum atomic E-state index is 10.8. The van der Waals surface area contributed by atoms with Crippen molar-refractivity contribution >= 4 is 0 Å². The van der Waals surface area contributed by atoms with E-state index in [0.717, 1.165) is 0 Å². The van der Waals surface area contributed by atoms with Gasteiger partial charge in [0.15, 0.2) is 12.6 Å². The topological polar surface area (TPSA) is 289 Å². The summed E-state index contributed by atoms with van der Waals surface area (Å²) in [7, 11) is 0. The molecule has 5 fully saturated rings. The van der Waals surface area contributed by atoms with E-state index >= 15 is 0 Å². The van der Waals surface area contributed by atoms with Crippen LogP contribution in [0.25, 0.3) is 0 Å². The third-order valence-corrected chi connectivity index (χ3v) is 9.89. The van der Waals surface area contributed by atoms with Crippen molar-refractivity contribution < 1.29 is 85.0 Å². The van der Waals surface area contributed by atoms with Crippen LogP contribution in [0.2, 0.25) is 0 Å². The second-order valence-corrected chi connectivity index (χ2v) is 12.9. The number of hydrogen-bond donors (Lipinski definition) is 12. The first-order valence-corrected chi connectivity index (χ1v) is 15.1. The molecule has 0 bridgehead atoms. The molecule has 17 heteroatoms. The summed E-state index contributed by atoms with van der Waals surface area (Å²) in [5.41, 5.74) is 0. The van der Waals surface area contributed by atoms with Crippen LogP contribution in [0.4, 0.5) is 0 Å². The fourth-order valence-electron chi connectivity index (χ4n) is 7.14. The number of aliphatic hydroxyl groups excluding tert-OH is 12. The van der Waals surface area contributed by atoms with Gasteiger partial charge in [0.2, 0.25) is 0 Å². The Bertz CT molecular complexity index is 934. The summed E-state index contributed by atoms with van der Waals surface area (Å²) in [5, 5.41) is 124. The van der Waals surface area contributed by atoms with Gasteiger partial charge in [-0.25, -0.2) is 0 Å². The van der Waals surface area contributed by atoms with Crippen molar-refractivity contribution in [1.29, 1.82) is 0 Å². The van der Waals surface area contributed by atoms with Crippen molar-refractivity contribution in [1.82, 2.24) is 0 Å². The van der Waals surface area contributed by atoms with Crippen molar-refractivity contribution in [3.05, 3.63) is 0 Å². The minimum atomic E-state index is -1.80. The smallest absolute Gasteiger partial charge is 0.187 e. The molecular weight excluding hydrogens is 596 g/mol. The summed E-state index contributed by atoms with van der Waals surface area (Å²) in [4.78, 5) is 0. The van der Waals surface area contributed by atoms with Crippen molar-refractivity contribution in [3.8, 4) is 0 Å². The summed E-state index contributed by atoms with van der Waals surface area (Å²) in [5.74, 6) is -1.33. The molecule has 3 aliphatic heterocycles. The minimum absolute atomic E-state index is 0.00242. The van der Waals surface area contributed by atoms with E-state index in [2.05, 4.69) is 0 Å². The number of aliphatic hydroxyl groups is 12. The maximum Gasteiger partial charge on any atom is 0.187 e. The summed E-state index contributed by atoms with van der Waals surface area (Å²) in [6, 6.07) is 0. The van der Waals surface area contributed by atoms with Crippen LogP contribution in [0.1, 0.15) is 32.6 Å². The quantitative estimate of drug-likeness (QED) is 0.128. The lowest BCUT2D eigenvalue weighted by Crippen LogP contribution is -2.64. The first-order chi connectivity index (χ1) is 20.7. The van der Waals surface area contributed by atoms with Crippen molar-refractivity contribution in [3.63, 3.8) is 0 Å². The SMILES string of the molecule is C[C@@H]1O[C@@H](OC[C@H]2O[C@@H](OC3CC4C(CC(O)C(O)C4O)OC3C3CC(O)C(O)C(O)C3)[C@H](O)[C@@H](O)[C@@H]2O)[C@H](O)[C@H](O)[C@H]1O. The minimum Gasteiger partial charge on any atom is -0.390 e. The van der Waals surface area contributed by atoms with Crippen LogP contribution in [0.5, 0.6) is 0 Å². The van der Waals surface area contributed by atoms with Gasteiger partial charge in [-0.3, -0.25) is 0 Å². The zero-order chi connectivity index (χ0) is 32.2. The van der Waals surface area contributed by atoms with E-state index in [-0.39, 0.29) is 25.7 Å². The molecule has 19 atom stereocenters. The van der Waals surface area contributed by atoms with Gasteiger partial charge in [-0.15, -0.1) is 0 Å². The first-order valence-electron chi connectivity index (χ1n) is 15.1. The average Bonchev–Trinajstić information content (AvgIpc) is 2.99. The number of fused-ring (bicyclic) bond motifs is 1. The Balaban J connectivity index is 1.32. The molecular formula is C27H46O17. The zero-order valence-electron chi connectivity index (χ0n) is 24.1. The molecule has 0 radical (unpaired) electrons. The normalized spacial score (nSPS) is 57.1. The van der Waals surface area contributed by atoms with Crippen molar-refractivity contribution in [2.75, 3.05) is 6.61 Å². The highest BCUT2D eigenvalue weighted by Gasteiger charge is 2.54. The van der Waals surface area contributed by atoms with E-state index in [1.165, 1.54) is 6.92 Å². The molecule has 5 rings (SSSR count). The highest BCUT2D eigenvalue weighted by atomic mass is 16.7. The standard InChI is InChI=1S/C27H46O17/c1-7-16(31)21(36)23(38)26(41-7)40-6-15-20(35)22(37)24(39)27(44-15)43-14-4-9-13(5-12(30)19(34)17(9)32)42-25(14)8-2-10(28)18(33)11(29)3-8/h7-39H,2-6H2,1H3/t7-,8?,9?,10?,11?,12?,13?,14?,15+,16-,17?,18?,19?,20+,21+,22-,23+,24+,25?,26+,27+/m0/s1. The fraction of sp³-hybridized carbons (Fsp3) is 1.00. The van der Waals surface area contributed by atoms with E-state index in [9.17, 15) is 61.3 Å². The Morgan fingerprint density at radius 3 is 1.80 bits per heavy atom. The van der Waals surface area contributed by atoms with Crippen LogP contribution in [0.3, 0.4) is 0 Å². The summed E-state index contributed by atoms with van der Waals surface area (Å²) >= 11 is 0. The average molecular weight is 643 g/mol. The third kappa shape index (κ3) is 6.67. The van der Waals surface area contributed by atoms with Gasteiger partial charge >= 0.3 is 0 Å². The van der Waals surface area contributed by atoms with Crippen LogP contribution < -0.4 is 0 Å². The molecule has 3 saturated heterocycles. The largest absolute Gasteiger partial charge is 0.390 e. The van der Waals surface area contributed by atoms with Gasteiger partial charge in [-0.1, -0.05) is 0 Å². The van der Waals surface area contributed by atoms with Crippen molar-refractivity contribution in [2.45, 2.75) is 149 Å². The molecule has 0 spiro atoms. The second kappa shape index (κ2) is 13.8. The Morgan fingerprint density at radius 2 is 1.14 bits per heavy atom. The predicted molar refractivity (Wildman–Crippen MR) is 140 cm³/mol. The van der Waals surface area contributed by atoms with Gasteiger partial charge in [0.25, 0.3) is 0 Å². The molecule has 0 aromatic carbocycles. The molecule has 0 amide bonds. The third-order valence-electron chi connectivity index (χ3n) is 9.89. The summed E-state index contributed by atoms with van der Waals surface area (Å²) in [6.07, 6.45) is -25.9. The van der Waals surface area contributed by atoms with E-state index in [4.69, 9.17) is 23.7 Å². The van der Waals surface area contributed by atoms with Crippen LogP contribution >= 0.6 is 0 Å². The Morgan fingerprint density at radius 1 is 0.545 bits per heavy atom. The number of hydrogen-bond acceptors (Lipinski definition) is 17. The van der Waals surface area contributed by atoms with Crippen LogP contribution in [-0.4, -0.2) is 184 Å². The lowest BCUT2D eigenvalue weighted by Gasteiger charge is -2.52. The zero-order valence-corrected chi connectivity index (χ0v) is 24.1. The molecule has 9 unspecified atom stereocenters. The van der Waals surface area contributed by atoms with Gasteiger partial charge in [0, 0.05) is 12.3 Å². The van der Waals surface area contributed by atoms with Crippen LogP contribution in [0, 0.1) is 11.8 Å². The molecule has 0 aromatic heterocycles. The lowest BCUT2D eigenvalue weighted by atomic mass is 9.71. The molecule has 44 heavy (non-hydrogen) atoms. The highest BCUT2D eigenvalue weighted by Crippen LogP contribution is 2.43. The van der Waals surface area contributed by atoms with Gasteiger partial charge in [-0.05, 0) is 32.1 Å². The molecule has 5 aliphatic rings. The molecule has 12 N–H and O–H groups in total. The van der Waals surface area contributed by atoms with E-state index in [1.54, 1.807) is 0 Å². The van der Waals surface area contributed by atoms with E-state index in [1.807, 2.05) is 0 Å². The second-order valence-electron chi connectivity index (χ2n) is 12.9. The lowest BCUT2D eigenvalue weighted by molar-refractivity contribution is -0.347. The highest BCUT2D eigenvalue weighted by molar-refractivity contribution is 5.02. The Kier molecular flexibility index (Phi) is 10.9. The molecule has 256 valence electrons. The van der Waals surface area contributed by atoms with Crippen LogP contribution in [0.15, 0.2) is 0 Å². The first kappa shape index (κ1) is 34.6. The monoisotopic (exact) mass is 642 g/mol. The van der Waals surface area contributed by atoms with Crippen molar-refractivity contribution in [2.24, 2.45) is 11.8 Å². The van der Waals surface area contributed by atoms with E-state index in [0.29, 0.717) is 0 Å². The molecule has 0 aromatic rings. The maximum absolute atomic E-state index is 10.8. The van der Waals surface area contributed by atoms with E-state index < -0.39 is 135 Å². The molecule has 17 nitrogen and oxygen atoms in total. The van der Waals surface area contributed by atoms with Crippen LogP contribution in [-0.2, 0) is 23.7 Å².